The molecule has 0 aliphatic rings. The Kier molecular flexibility index (Phi) is 5.45. The number of nitrogens with two attached hydrogens (primary N) is 1. The van der Waals surface area contributed by atoms with Crippen molar-refractivity contribution in [1.82, 2.24) is 9.97 Å². The monoisotopic (exact) mass is 323 g/mol. The number of hydrogen-bond donors (Lipinski definition) is 2. The summed E-state index contributed by atoms with van der Waals surface area (Å²) in [5.74, 6) is 0. The van der Waals surface area contributed by atoms with Crippen LogP contribution >= 0.6 is 23.4 Å². The molecule has 2 aromatic rings. The van der Waals surface area contributed by atoms with E-state index in [4.69, 9.17) is 17.3 Å². The average Bonchev–Trinajstić information content (AvgIpc) is 2.40. The molecule has 3 N–H and O–H groups in total. The zero-order chi connectivity index (χ0) is 15.4. The summed E-state index contributed by atoms with van der Waals surface area (Å²) in [7, 11) is 0. The lowest BCUT2D eigenvalue weighted by atomic mass is 10.1. The summed E-state index contributed by atoms with van der Waals surface area (Å²) in [6.07, 6.45) is 1.68. The quantitative estimate of drug-likeness (QED) is 0.829. The maximum Gasteiger partial charge on any atom is 0.251 e. The van der Waals surface area contributed by atoms with E-state index in [1.54, 1.807) is 6.92 Å². The van der Waals surface area contributed by atoms with Crippen LogP contribution in [0.3, 0.4) is 0 Å². The fourth-order valence-electron chi connectivity index (χ4n) is 1.92. The second-order valence-corrected chi connectivity index (χ2v) is 6.39. The Hall–Kier alpha value is -1.30. The third-order valence-corrected chi connectivity index (χ3v) is 4.31. The Morgan fingerprint density at radius 3 is 2.86 bits per heavy atom. The number of aryl methyl sites for hydroxylation is 1. The van der Waals surface area contributed by atoms with Gasteiger partial charge in [-0.05, 0) is 37.5 Å². The molecule has 0 aliphatic heterocycles. The van der Waals surface area contributed by atoms with Crippen LogP contribution in [-0.2, 0) is 6.42 Å². The number of benzene rings is 1. The van der Waals surface area contributed by atoms with Crippen molar-refractivity contribution in [1.29, 1.82) is 0 Å². The predicted molar refractivity (Wildman–Crippen MR) is 87.1 cm³/mol. The van der Waals surface area contributed by atoms with E-state index in [1.807, 2.05) is 18.2 Å². The molecular weight excluding hydrogens is 306 g/mol. The molecule has 0 bridgehead atoms. The maximum absolute atomic E-state index is 11.5. The largest absolute Gasteiger partial charge is 0.327 e. The van der Waals surface area contributed by atoms with E-state index in [9.17, 15) is 4.79 Å². The number of aromatic nitrogens is 2. The molecular formula is C15H18ClN3OS. The molecule has 0 saturated carbocycles. The van der Waals surface area contributed by atoms with E-state index >= 15 is 0 Å². The number of halogens is 1. The second kappa shape index (κ2) is 7.11. The van der Waals surface area contributed by atoms with Gasteiger partial charge in [0, 0.05) is 27.7 Å². The summed E-state index contributed by atoms with van der Waals surface area (Å²) in [5.41, 5.74) is 7.69. The van der Waals surface area contributed by atoms with Crippen LogP contribution in [-0.4, -0.2) is 16.0 Å². The van der Waals surface area contributed by atoms with E-state index in [1.165, 1.54) is 17.8 Å². The van der Waals surface area contributed by atoms with Crippen molar-refractivity contribution >= 4 is 23.4 Å². The molecule has 0 spiro atoms. The van der Waals surface area contributed by atoms with Crippen molar-refractivity contribution in [3.8, 4) is 0 Å². The molecule has 1 aromatic heterocycles. The fraction of sp³-hybridized carbons (Fsp3) is 0.333. The highest BCUT2D eigenvalue weighted by Gasteiger charge is 2.10. The van der Waals surface area contributed by atoms with Gasteiger partial charge in [0.05, 0.1) is 0 Å². The number of nitrogens with zero attached hydrogens (tertiary/aromatic N) is 1. The van der Waals surface area contributed by atoms with Gasteiger partial charge >= 0.3 is 0 Å². The van der Waals surface area contributed by atoms with Gasteiger partial charge in [-0.1, -0.05) is 36.4 Å². The first-order chi connectivity index (χ1) is 9.97. The van der Waals surface area contributed by atoms with Crippen molar-refractivity contribution in [2.75, 3.05) is 0 Å². The van der Waals surface area contributed by atoms with E-state index < -0.39 is 0 Å². The molecule has 1 heterocycles. The average molecular weight is 324 g/mol. The van der Waals surface area contributed by atoms with Gasteiger partial charge in [-0.2, -0.15) is 0 Å². The summed E-state index contributed by atoms with van der Waals surface area (Å²) >= 11 is 7.48. The Morgan fingerprint density at radius 2 is 2.19 bits per heavy atom. The third kappa shape index (κ3) is 4.59. The third-order valence-electron chi connectivity index (χ3n) is 3.09. The summed E-state index contributed by atoms with van der Waals surface area (Å²) in [5, 5.41) is 1.22. The van der Waals surface area contributed by atoms with E-state index in [2.05, 4.69) is 16.9 Å². The number of rotatable bonds is 5. The SMILES string of the molecule is CCC(N)Cc1ccc(Cl)cc1Sc1nc(C)cc(=O)[nH]1. The first kappa shape index (κ1) is 16.1. The summed E-state index contributed by atoms with van der Waals surface area (Å²) in [6, 6.07) is 7.29. The van der Waals surface area contributed by atoms with Crippen molar-refractivity contribution in [2.24, 2.45) is 5.73 Å². The van der Waals surface area contributed by atoms with Gasteiger partial charge < -0.3 is 10.7 Å². The Labute approximate surface area is 133 Å². The van der Waals surface area contributed by atoms with E-state index in [0.29, 0.717) is 15.9 Å². The lowest BCUT2D eigenvalue weighted by molar-refractivity contribution is 0.641. The summed E-state index contributed by atoms with van der Waals surface area (Å²) < 4.78 is 0. The highest BCUT2D eigenvalue weighted by Crippen LogP contribution is 2.31. The maximum atomic E-state index is 11.5. The Bertz CT molecular complexity index is 687. The zero-order valence-electron chi connectivity index (χ0n) is 12.0. The van der Waals surface area contributed by atoms with Crippen LogP contribution < -0.4 is 11.3 Å². The van der Waals surface area contributed by atoms with Crippen LogP contribution in [0.5, 0.6) is 0 Å². The highest BCUT2D eigenvalue weighted by atomic mass is 35.5. The topological polar surface area (TPSA) is 71.8 Å². The first-order valence-corrected chi connectivity index (χ1v) is 7.97. The zero-order valence-corrected chi connectivity index (χ0v) is 13.6. The molecule has 0 aliphatic carbocycles. The van der Waals surface area contributed by atoms with Gasteiger partial charge in [0.15, 0.2) is 5.16 Å². The molecule has 2 rings (SSSR count). The van der Waals surface area contributed by atoms with Crippen molar-refractivity contribution in [3.05, 3.63) is 50.9 Å². The molecule has 112 valence electrons. The molecule has 0 radical (unpaired) electrons. The van der Waals surface area contributed by atoms with Gasteiger partial charge in [0.1, 0.15) is 0 Å². The molecule has 4 nitrogen and oxygen atoms in total. The van der Waals surface area contributed by atoms with Crippen LogP contribution in [0.25, 0.3) is 0 Å². The van der Waals surface area contributed by atoms with Gasteiger partial charge in [0.2, 0.25) is 0 Å². The summed E-state index contributed by atoms with van der Waals surface area (Å²) in [4.78, 5) is 19.6. The molecule has 0 amide bonds. The molecule has 21 heavy (non-hydrogen) atoms. The second-order valence-electron chi connectivity index (χ2n) is 4.92. The normalized spacial score (nSPS) is 12.4. The minimum Gasteiger partial charge on any atom is -0.327 e. The first-order valence-electron chi connectivity index (χ1n) is 6.77. The Morgan fingerprint density at radius 1 is 1.43 bits per heavy atom. The number of H-pyrrole nitrogens is 1. The van der Waals surface area contributed by atoms with E-state index in [0.717, 1.165) is 23.3 Å². The van der Waals surface area contributed by atoms with Crippen molar-refractivity contribution in [2.45, 2.75) is 42.8 Å². The summed E-state index contributed by atoms with van der Waals surface area (Å²) in [6.45, 7) is 3.86. The highest BCUT2D eigenvalue weighted by molar-refractivity contribution is 7.99. The number of hydrogen-bond acceptors (Lipinski definition) is 4. The van der Waals surface area contributed by atoms with Crippen molar-refractivity contribution in [3.63, 3.8) is 0 Å². The molecule has 0 fully saturated rings. The minimum atomic E-state index is -0.154. The van der Waals surface area contributed by atoms with Crippen LogP contribution in [0.15, 0.2) is 39.1 Å². The Balaban J connectivity index is 2.33. The molecule has 1 unspecified atom stereocenters. The van der Waals surface area contributed by atoms with E-state index in [-0.39, 0.29) is 11.6 Å². The molecule has 1 atom stereocenters. The molecule has 1 aromatic carbocycles. The van der Waals surface area contributed by atoms with Crippen LogP contribution in [0.1, 0.15) is 24.6 Å². The lowest BCUT2D eigenvalue weighted by Gasteiger charge is -2.13. The van der Waals surface area contributed by atoms with Gasteiger partial charge in [-0.3, -0.25) is 4.79 Å². The predicted octanol–water partition coefficient (Wildman–Crippen LogP) is 3.16. The van der Waals surface area contributed by atoms with Crippen molar-refractivity contribution < 1.29 is 0 Å². The van der Waals surface area contributed by atoms with Crippen LogP contribution in [0, 0.1) is 6.92 Å². The van der Waals surface area contributed by atoms with Crippen LogP contribution in [0.4, 0.5) is 0 Å². The number of nitrogens with one attached hydrogen (secondary N) is 1. The smallest absolute Gasteiger partial charge is 0.251 e. The van der Waals surface area contributed by atoms with Gasteiger partial charge in [0.25, 0.3) is 5.56 Å². The molecule has 6 heteroatoms. The van der Waals surface area contributed by atoms with Crippen LogP contribution in [0.2, 0.25) is 5.02 Å². The standard InChI is InChI=1S/C15H18ClN3OS/c1-3-12(17)7-10-4-5-11(16)8-13(10)21-15-18-9(2)6-14(20)19-15/h4-6,8,12H,3,7,17H2,1-2H3,(H,18,19,20). The lowest BCUT2D eigenvalue weighted by Crippen LogP contribution is -2.21. The van der Waals surface area contributed by atoms with Gasteiger partial charge in [-0.25, -0.2) is 4.98 Å². The number of aromatic amines is 1. The minimum absolute atomic E-state index is 0.107. The fourth-order valence-corrected chi connectivity index (χ4v) is 3.18. The van der Waals surface area contributed by atoms with Gasteiger partial charge in [-0.15, -0.1) is 0 Å². The molecule has 0 saturated heterocycles.